The summed E-state index contributed by atoms with van der Waals surface area (Å²) in [5.41, 5.74) is 13.1. The van der Waals surface area contributed by atoms with Crippen LogP contribution in [-0.4, -0.2) is 21.1 Å². The quantitative estimate of drug-likeness (QED) is 0.643. The van der Waals surface area contributed by atoms with Crippen molar-refractivity contribution in [3.63, 3.8) is 0 Å². The number of hydrogen-bond donors (Lipinski definition) is 2. The zero-order chi connectivity index (χ0) is 13.1. The monoisotopic (exact) mass is 267 g/mol. The van der Waals surface area contributed by atoms with Crippen molar-refractivity contribution >= 4 is 28.6 Å². The molecule has 4 N–H and O–H groups in total. The number of nitrogens with zero attached hydrogens (tertiary/aromatic N) is 3. The zero-order valence-electron chi connectivity index (χ0n) is 10.4. The molecule has 1 unspecified atom stereocenters. The Balaban J connectivity index is 2.34. The maximum absolute atomic E-state index is 6.13. The number of pyridine rings is 1. The van der Waals surface area contributed by atoms with Crippen LogP contribution in [0.1, 0.15) is 32.2 Å². The number of halogens is 1. The average Bonchev–Trinajstić information content (AvgIpc) is 2.67. The third-order valence-corrected chi connectivity index (χ3v) is 3.37. The minimum atomic E-state index is 0.239. The molecule has 0 saturated carbocycles. The van der Waals surface area contributed by atoms with Gasteiger partial charge in [-0.2, -0.15) is 0 Å². The molecule has 5 nitrogen and oxygen atoms in total. The molecular weight excluding hydrogens is 250 g/mol. The van der Waals surface area contributed by atoms with Crippen LogP contribution < -0.4 is 11.5 Å². The summed E-state index contributed by atoms with van der Waals surface area (Å²) in [6.07, 6.45) is 4.72. The Morgan fingerprint density at radius 2 is 2.22 bits per heavy atom. The number of rotatable bonds is 5. The van der Waals surface area contributed by atoms with Gasteiger partial charge in [0, 0.05) is 12.2 Å². The van der Waals surface area contributed by atoms with E-state index in [4.69, 9.17) is 23.1 Å². The van der Waals surface area contributed by atoms with E-state index in [-0.39, 0.29) is 6.04 Å². The number of fused-ring (bicyclic) bond motifs is 1. The minimum absolute atomic E-state index is 0.239. The fourth-order valence-electron chi connectivity index (χ4n) is 2.18. The summed E-state index contributed by atoms with van der Waals surface area (Å²) < 4.78 is 1.96. The van der Waals surface area contributed by atoms with E-state index < -0.39 is 0 Å². The molecule has 2 rings (SSSR count). The molecule has 2 heterocycles. The van der Waals surface area contributed by atoms with Crippen LogP contribution >= 0.6 is 11.6 Å². The highest BCUT2D eigenvalue weighted by molar-refractivity contribution is 6.33. The largest absolute Gasteiger partial charge is 0.369 e. The summed E-state index contributed by atoms with van der Waals surface area (Å²) >= 11 is 6.13. The fourth-order valence-corrected chi connectivity index (χ4v) is 2.43. The Hall–Kier alpha value is -1.33. The van der Waals surface area contributed by atoms with Crippen molar-refractivity contribution in [2.75, 3.05) is 12.3 Å². The molecule has 0 fully saturated rings. The van der Waals surface area contributed by atoms with Crippen molar-refractivity contribution in [3.05, 3.63) is 17.4 Å². The molecular formula is C12H18ClN5. The molecule has 2 aromatic heterocycles. The second kappa shape index (κ2) is 5.54. The summed E-state index contributed by atoms with van der Waals surface area (Å²) in [6, 6.07) is 2.06. The van der Waals surface area contributed by atoms with Crippen LogP contribution in [0.5, 0.6) is 0 Å². The molecule has 0 aromatic carbocycles. The van der Waals surface area contributed by atoms with Gasteiger partial charge in [-0.1, -0.05) is 18.0 Å². The Bertz CT molecular complexity index is 536. The minimum Gasteiger partial charge on any atom is -0.369 e. The van der Waals surface area contributed by atoms with Gasteiger partial charge >= 0.3 is 0 Å². The molecule has 0 aliphatic rings. The molecule has 0 amide bonds. The molecule has 0 aliphatic carbocycles. The fraction of sp³-hybridized carbons (Fsp3) is 0.500. The third kappa shape index (κ3) is 2.42. The summed E-state index contributed by atoms with van der Waals surface area (Å²) in [7, 11) is 0. The van der Waals surface area contributed by atoms with E-state index in [1.165, 1.54) is 0 Å². The first-order valence-corrected chi connectivity index (χ1v) is 6.51. The van der Waals surface area contributed by atoms with Crippen LogP contribution in [0.3, 0.4) is 0 Å². The maximum atomic E-state index is 6.13. The van der Waals surface area contributed by atoms with E-state index in [0.29, 0.717) is 11.1 Å². The van der Waals surface area contributed by atoms with Crippen molar-refractivity contribution in [3.8, 4) is 0 Å². The maximum Gasteiger partial charge on any atom is 0.201 e. The van der Waals surface area contributed by atoms with E-state index >= 15 is 0 Å². The summed E-state index contributed by atoms with van der Waals surface area (Å²) in [5, 5.41) is 0.447. The summed E-state index contributed by atoms with van der Waals surface area (Å²) in [6.45, 7) is 2.83. The van der Waals surface area contributed by atoms with Crippen molar-refractivity contribution in [2.45, 2.75) is 32.2 Å². The number of imidazole rings is 1. The molecule has 0 aliphatic heterocycles. The highest BCUT2D eigenvalue weighted by Gasteiger charge is 2.16. The number of nitrogens with two attached hydrogens (primary N) is 2. The Labute approximate surface area is 111 Å². The van der Waals surface area contributed by atoms with Gasteiger partial charge in [-0.05, 0) is 32.4 Å². The van der Waals surface area contributed by atoms with E-state index in [9.17, 15) is 0 Å². The molecule has 0 saturated heterocycles. The lowest BCUT2D eigenvalue weighted by molar-refractivity contribution is 0.496. The van der Waals surface area contributed by atoms with Crippen LogP contribution in [-0.2, 0) is 0 Å². The molecule has 0 spiro atoms. The van der Waals surface area contributed by atoms with Gasteiger partial charge in [0.25, 0.3) is 0 Å². The van der Waals surface area contributed by atoms with Gasteiger partial charge in [-0.3, -0.25) is 0 Å². The third-order valence-electron chi connectivity index (χ3n) is 3.10. The Morgan fingerprint density at radius 3 is 2.94 bits per heavy atom. The zero-order valence-corrected chi connectivity index (χ0v) is 11.2. The van der Waals surface area contributed by atoms with Crippen LogP contribution in [0.25, 0.3) is 11.0 Å². The highest BCUT2D eigenvalue weighted by Crippen LogP contribution is 2.29. The Kier molecular flexibility index (Phi) is 4.04. The van der Waals surface area contributed by atoms with Gasteiger partial charge in [-0.25, -0.2) is 9.97 Å². The van der Waals surface area contributed by atoms with Crippen LogP contribution in [0.2, 0.25) is 5.15 Å². The second-order valence-corrected chi connectivity index (χ2v) is 4.80. The van der Waals surface area contributed by atoms with Gasteiger partial charge in [0.1, 0.15) is 5.52 Å². The standard InChI is InChI=1S/C12H18ClN5/c1-8(4-2-3-6-14)18-10-9(17-12(18)15)5-7-16-11(10)13/h5,7-8H,2-4,6,14H2,1H3,(H2,15,17). The Morgan fingerprint density at radius 1 is 1.44 bits per heavy atom. The lowest BCUT2D eigenvalue weighted by atomic mass is 10.1. The average molecular weight is 268 g/mol. The van der Waals surface area contributed by atoms with E-state index in [1.807, 2.05) is 10.6 Å². The summed E-state index contributed by atoms with van der Waals surface area (Å²) in [5.74, 6) is 0.486. The van der Waals surface area contributed by atoms with Crippen molar-refractivity contribution < 1.29 is 0 Å². The van der Waals surface area contributed by atoms with Crippen LogP contribution in [0.4, 0.5) is 5.95 Å². The number of aromatic nitrogens is 3. The first kappa shape index (κ1) is 13.1. The lowest BCUT2D eigenvalue weighted by Gasteiger charge is -2.16. The van der Waals surface area contributed by atoms with E-state index in [2.05, 4.69) is 16.9 Å². The van der Waals surface area contributed by atoms with Crippen molar-refractivity contribution in [2.24, 2.45) is 5.73 Å². The predicted octanol–water partition coefficient (Wildman–Crippen LogP) is 2.36. The molecule has 1 atom stereocenters. The predicted molar refractivity (Wildman–Crippen MR) is 74.6 cm³/mol. The number of hydrogen-bond acceptors (Lipinski definition) is 4. The SMILES string of the molecule is CC(CCCCN)n1c(N)nc2ccnc(Cl)c21. The van der Waals surface area contributed by atoms with Crippen LogP contribution in [0, 0.1) is 0 Å². The topological polar surface area (TPSA) is 82.8 Å². The highest BCUT2D eigenvalue weighted by atomic mass is 35.5. The van der Waals surface area contributed by atoms with Crippen LogP contribution in [0.15, 0.2) is 12.3 Å². The van der Waals surface area contributed by atoms with E-state index in [0.717, 1.165) is 36.8 Å². The lowest BCUT2D eigenvalue weighted by Crippen LogP contribution is -2.10. The molecule has 0 radical (unpaired) electrons. The number of unbranched alkanes of at least 4 members (excludes halogenated alkanes) is 1. The first-order chi connectivity index (χ1) is 8.65. The number of nitrogen functional groups attached to an aromatic ring is 1. The summed E-state index contributed by atoms with van der Waals surface area (Å²) in [4.78, 5) is 8.40. The molecule has 2 aromatic rings. The van der Waals surface area contributed by atoms with Crippen molar-refractivity contribution in [1.82, 2.24) is 14.5 Å². The molecule has 18 heavy (non-hydrogen) atoms. The smallest absolute Gasteiger partial charge is 0.201 e. The van der Waals surface area contributed by atoms with Gasteiger partial charge in [-0.15, -0.1) is 0 Å². The van der Waals surface area contributed by atoms with Crippen molar-refractivity contribution in [1.29, 1.82) is 0 Å². The van der Waals surface area contributed by atoms with Gasteiger partial charge in [0.2, 0.25) is 5.95 Å². The van der Waals surface area contributed by atoms with Gasteiger partial charge in [0.05, 0.1) is 5.52 Å². The van der Waals surface area contributed by atoms with Gasteiger partial charge in [0.15, 0.2) is 5.15 Å². The van der Waals surface area contributed by atoms with Gasteiger partial charge < -0.3 is 16.0 Å². The molecule has 6 heteroatoms. The second-order valence-electron chi connectivity index (χ2n) is 4.44. The van der Waals surface area contributed by atoms with E-state index in [1.54, 1.807) is 6.20 Å². The molecule has 0 bridgehead atoms. The first-order valence-electron chi connectivity index (χ1n) is 6.13. The molecule has 98 valence electrons. The normalized spacial score (nSPS) is 13.1. The number of anilines is 1.